The van der Waals surface area contributed by atoms with Gasteiger partial charge in [0.2, 0.25) is 0 Å². The highest BCUT2D eigenvalue weighted by molar-refractivity contribution is 8.00. The van der Waals surface area contributed by atoms with Gasteiger partial charge in [-0.05, 0) is 12.5 Å². The van der Waals surface area contributed by atoms with Crippen molar-refractivity contribution >= 4 is 26.5 Å². The zero-order valence-electron chi connectivity index (χ0n) is 14.1. The van der Waals surface area contributed by atoms with Crippen molar-refractivity contribution in [3.8, 4) is 11.5 Å². The molecule has 1 aliphatic rings. The molecule has 25 heavy (non-hydrogen) atoms. The Hall–Kier alpha value is -2.80. The number of rotatable bonds is 4. The number of nitrogens with one attached hydrogen (secondary N) is 1. The first-order valence-corrected chi connectivity index (χ1v) is 9.00. The van der Waals surface area contributed by atoms with Gasteiger partial charge in [0.15, 0.2) is 0 Å². The Bertz CT molecular complexity index is 942. The molecule has 0 amide bonds. The Morgan fingerprint density at radius 1 is 0.960 bits per heavy atom. The van der Waals surface area contributed by atoms with Crippen LogP contribution in [0.15, 0.2) is 58.5 Å². The zero-order valence-corrected chi connectivity index (χ0v) is 14.9. The Morgan fingerprint density at radius 3 is 2.12 bits per heavy atom. The van der Waals surface area contributed by atoms with Gasteiger partial charge in [-0.1, -0.05) is 30.3 Å². The van der Waals surface area contributed by atoms with Gasteiger partial charge in [-0.3, -0.25) is 0 Å². The number of sulfonamides is 1. The molecule has 1 heterocycles. The summed E-state index contributed by atoms with van der Waals surface area (Å²) in [5, 5.41) is 3.05. The minimum Gasteiger partial charge on any atom is -0.497 e. The number of hydrogen-bond donors (Lipinski definition) is 1. The molecule has 2 aromatic carbocycles. The van der Waals surface area contributed by atoms with E-state index in [1.165, 1.54) is 0 Å². The molecule has 7 heteroatoms. The maximum Gasteiger partial charge on any atom is 0.285 e. The topological polar surface area (TPSA) is 77.0 Å². The van der Waals surface area contributed by atoms with Gasteiger partial charge < -0.3 is 14.8 Å². The summed E-state index contributed by atoms with van der Waals surface area (Å²) in [7, 11) is -0.647. The molecular formula is C18H18N2O4S. The Kier molecular flexibility index (Phi) is 4.50. The van der Waals surface area contributed by atoms with E-state index >= 15 is 0 Å². The lowest BCUT2D eigenvalue weighted by Gasteiger charge is -2.11. The molecule has 0 radical (unpaired) electrons. The third-order valence-corrected chi connectivity index (χ3v) is 5.30. The van der Waals surface area contributed by atoms with E-state index in [0.717, 1.165) is 0 Å². The molecule has 6 nitrogen and oxygen atoms in total. The molecule has 0 saturated carbocycles. The van der Waals surface area contributed by atoms with Crippen molar-refractivity contribution in [3.05, 3.63) is 59.7 Å². The van der Waals surface area contributed by atoms with Gasteiger partial charge in [-0.15, -0.1) is 4.40 Å². The first-order chi connectivity index (χ1) is 11.9. The van der Waals surface area contributed by atoms with Gasteiger partial charge >= 0.3 is 0 Å². The van der Waals surface area contributed by atoms with Crippen LogP contribution in [-0.2, 0) is 10.0 Å². The van der Waals surface area contributed by atoms with Gasteiger partial charge in [-0.25, -0.2) is 0 Å². The van der Waals surface area contributed by atoms with Gasteiger partial charge in [0.25, 0.3) is 10.0 Å². The van der Waals surface area contributed by atoms with E-state index in [1.54, 1.807) is 63.6 Å². The SMILES string of the molecule is COc1cc(NC2=NS(=O)(=O)C(c3ccccc3)=C2C)cc(OC)c1. The van der Waals surface area contributed by atoms with E-state index in [2.05, 4.69) is 9.71 Å². The minimum atomic E-state index is -3.75. The molecule has 0 saturated heterocycles. The number of methoxy groups -OCH3 is 2. The predicted molar refractivity (Wildman–Crippen MR) is 98.6 cm³/mol. The summed E-state index contributed by atoms with van der Waals surface area (Å²) in [5.41, 5.74) is 1.80. The average Bonchev–Trinajstić information content (AvgIpc) is 2.83. The average molecular weight is 358 g/mol. The number of hydrogen-bond acceptors (Lipinski definition) is 5. The number of ether oxygens (including phenoxy) is 2. The van der Waals surface area contributed by atoms with Crippen LogP contribution in [0.4, 0.5) is 5.69 Å². The second-order valence-electron chi connectivity index (χ2n) is 5.46. The fourth-order valence-corrected chi connectivity index (χ4v) is 4.05. The fourth-order valence-electron chi connectivity index (χ4n) is 2.62. The van der Waals surface area contributed by atoms with Gasteiger partial charge in [0.1, 0.15) is 22.2 Å². The molecule has 130 valence electrons. The lowest BCUT2D eigenvalue weighted by Crippen LogP contribution is -2.11. The summed E-state index contributed by atoms with van der Waals surface area (Å²) in [6.45, 7) is 1.73. The lowest BCUT2D eigenvalue weighted by atomic mass is 10.1. The molecule has 3 rings (SSSR count). The molecule has 0 bridgehead atoms. The van der Waals surface area contributed by atoms with Crippen LogP contribution in [0.25, 0.3) is 4.91 Å². The van der Waals surface area contributed by atoms with Crippen LogP contribution >= 0.6 is 0 Å². The van der Waals surface area contributed by atoms with E-state index < -0.39 is 10.0 Å². The van der Waals surface area contributed by atoms with Crippen molar-refractivity contribution in [2.45, 2.75) is 6.92 Å². The van der Waals surface area contributed by atoms with E-state index in [1.807, 2.05) is 6.07 Å². The molecular weight excluding hydrogens is 340 g/mol. The maximum absolute atomic E-state index is 12.5. The smallest absolute Gasteiger partial charge is 0.285 e. The molecule has 2 aromatic rings. The van der Waals surface area contributed by atoms with Crippen molar-refractivity contribution in [2.24, 2.45) is 4.40 Å². The molecule has 1 aliphatic heterocycles. The van der Waals surface area contributed by atoms with Crippen molar-refractivity contribution in [3.63, 3.8) is 0 Å². The second kappa shape index (κ2) is 6.60. The predicted octanol–water partition coefficient (Wildman–Crippen LogP) is 3.29. The van der Waals surface area contributed by atoms with Crippen molar-refractivity contribution < 1.29 is 17.9 Å². The summed E-state index contributed by atoms with van der Waals surface area (Å²) >= 11 is 0. The third-order valence-electron chi connectivity index (χ3n) is 3.82. The first-order valence-electron chi connectivity index (χ1n) is 7.56. The van der Waals surface area contributed by atoms with Gasteiger partial charge in [-0.2, -0.15) is 8.42 Å². The first kappa shape index (κ1) is 17.0. The Balaban J connectivity index is 2.01. The molecule has 0 atom stereocenters. The summed E-state index contributed by atoms with van der Waals surface area (Å²) in [4.78, 5) is 0.213. The van der Waals surface area contributed by atoms with Crippen LogP contribution in [0, 0.1) is 0 Å². The van der Waals surface area contributed by atoms with E-state index in [9.17, 15) is 8.42 Å². The second-order valence-corrected chi connectivity index (χ2v) is 7.00. The molecule has 0 aromatic heterocycles. The lowest BCUT2D eigenvalue weighted by molar-refractivity contribution is 0.395. The Morgan fingerprint density at radius 2 is 1.56 bits per heavy atom. The van der Waals surface area contributed by atoms with Crippen LogP contribution in [0.2, 0.25) is 0 Å². The standard InChI is InChI=1S/C18H18N2O4S/c1-12-17(13-7-5-4-6-8-13)25(21,22)20-18(12)19-14-9-15(23-2)11-16(10-14)24-3/h4-11H,1-3H3,(H,19,20). The largest absolute Gasteiger partial charge is 0.497 e. The molecule has 0 unspecified atom stereocenters. The van der Waals surface area contributed by atoms with E-state index in [0.29, 0.717) is 28.3 Å². The minimum absolute atomic E-state index is 0.213. The normalized spacial score (nSPS) is 15.7. The van der Waals surface area contributed by atoms with Gasteiger partial charge in [0, 0.05) is 29.5 Å². The quantitative estimate of drug-likeness (QED) is 0.907. The van der Waals surface area contributed by atoms with Gasteiger partial charge in [0.05, 0.1) is 14.2 Å². The summed E-state index contributed by atoms with van der Waals surface area (Å²) in [5.74, 6) is 1.47. The van der Waals surface area contributed by atoms with Crippen molar-refractivity contribution in [1.29, 1.82) is 0 Å². The molecule has 1 N–H and O–H groups in total. The summed E-state index contributed by atoms with van der Waals surface area (Å²) in [6, 6.07) is 14.1. The highest BCUT2D eigenvalue weighted by Crippen LogP contribution is 2.33. The molecule has 0 spiro atoms. The molecule has 0 aliphatic carbocycles. The highest BCUT2D eigenvalue weighted by atomic mass is 32.2. The van der Waals surface area contributed by atoms with Crippen LogP contribution < -0.4 is 14.8 Å². The van der Waals surface area contributed by atoms with Crippen molar-refractivity contribution in [2.75, 3.05) is 19.5 Å². The number of benzene rings is 2. The van der Waals surface area contributed by atoms with Crippen LogP contribution in [0.3, 0.4) is 0 Å². The van der Waals surface area contributed by atoms with Crippen molar-refractivity contribution in [1.82, 2.24) is 0 Å². The summed E-state index contributed by atoms with van der Waals surface area (Å²) < 4.78 is 39.3. The van der Waals surface area contributed by atoms with E-state index in [-0.39, 0.29) is 10.7 Å². The monoisotopic (exact) mass is 358 g/mol. The molecule has 0 fully saturated rings. The van der Waals surface area contributed by atoms with Crippen LogP contribution in [-0.4, -0.2) is 28.5 Å². The number of amidine groups is 1. The maximum atomic E-state index is 12.5. The number of anilines is 1. The third kappa shape index (κ3) is 3.36. The van der Waals surface area contributed by atoms with Crippen LogP contribution in [0.1, 0.15) is 12.5 Å². The highest BCUT2D eigenvalue weighted by Gasteiger charge is 2.31. The summed E-state index contributed by atoms with van der Waals surface area (Å²) in [6.07, 6.45) is 0. The zero-order chi connectivity index (χ0) is 18.0. The van der Waals surface area contributed by atoms with Crippen LogP contribution in [0.5, 0.6) is 11.5 Å². The Labute approximate surface area is 146 Å². The number of nitrogens with zero attached hydrogens (tertiary/aromatic N) is 1. The fraction of sp³-hybridized carbons (Fsp3) is 0.167. The van der Waals surface area contributed by atoms with E-state index in [4.69, 9.17) is 9.47 Å².